The van der Waals surface area contributed by atoms with E-state index < -0.39 is 0 Å². The molecule has 0 aromatic carbocycles. The Bertz CT molecular complexity index is 516. The molecular weight excluding hydrogens is 280 g/mol. The summed E-state index contributed by atoms with van der Waals surface area (Å²) < 4.78 is 1.16. The summed E-state index contributed by atoms with van der Waals surface area (Å²) in [6, 6.07) is 1.05. The van der Waals surface area contributed by atoms with Crippen molar-refractivity contribution in [1.82, 2.24) is 14.7 Å². The zero-order valence-electron chi connectivity index (χ0n) is 11.8. The minimum atomic E-state index is -0.381. The second-order valence-corrected chi connectivity index (χ2v) is 5.63. The first kappa shape index (κ1) is 15.3. The van der Waals surface area contributed by atoms with Crippen LogP contribution >= 0.6 is 11.6 Å². The Balaban J connectivity index is 1.99. The first-order valence-electron chi connectivity index (χ1n) is 6.87. The number of aliphatic hydroxyl groups excluding tert-OH is 1. The van der Waals surface area contributed by atoms with Gasteiger partial charge in [-0.05, 0) is 26.8 Å². The number of anilines is 1. The Hall–Kier alpha value is -1.11. The van der Waals surface area contributed by atoms with Crippen molar-refractivity contribution in [2.75, 3.05) is 25.5 Å². The Labute approximate surface area is 123 Å². The number of aliphatic hydroxyl groups is 1. The van der Waals surface area contributed by atoms with Gasteiger partial charge >= 0.3 is 0 Å². The zero-order valence-corrected chi connectivity index (χ0v) is 12.6. The molecule has 1 saturated carbocycles. The standard InChI is InChI=1S/C13H21ClN4O2/c1-9(17(2)10-3-4-10)7-15-11-8-16-18(5-6-19)13(20)12(11)14/h8-10,15,19H,3-7H2,1-2H3. The van der Waals surface area contributed by atoms with Gasteiger partial charge in [0.25, 0.3) is 5.56 Å². The van der Waals surface area contributed by atoms with Crippen molar-refractivity contribution in [2.24, 2.45) is 0 Å². The fraction of sp³-hybridized carbons (Fsp3) is 0.692. The lowest BCUT2D eigenvalue weighted by Crippen LogP contribution is -2.36. The fourth-order valence-corrected chi connectivity index (χ4v) is 2.30. The lowest BCUT2D eigenvalue weighted by atomic mass is 10.3. The summed E-state index contributed by atoms with van der Waals surface area (Å²) in [6.45, 7) is 2.86. The van der Waals surface area contributed by atoms with Crippen LogP contribution in [0.1, 0.15) is 19.8 Å². The van der Waals surface area contributed by atoms with Gasteiger partial charge in [0.2, 0.25) is 0 Å². The lowest BCUT2D eigenvalue weighted by molar-refractivity contribution is 0.257. The predicted molar refractivity (Wildman–Crippen MR) is 79.3 cm³/mol. The van der Waals surface area contributed by atoms with E-state index in [4.69, 9.17) is 16.7 Å². The van der Waals surface area contributed by atoms with E-state index in [2.05, 4.69) is 29.3 Å². The maximum Gasteiger partial charge on any atom is 0.287 e. The molecule has 2 rings (SSSR count). The molecule has 1 heterocycles. The Morgan fingerprint density at radius 1 is 1.65 bits per heavy atom. The molecule has 7 heteroatoms. The van der Waals surface area contributed by atoms with E-state index >= 15 is 0 Å². The third kappa shape index (κ3) is 3.50. The number of nitrogens with one attached hydrogen (secondary N) is 1. The number of nitrogens with zero attached hydrogens (tertiary/aromatic N) is 3. The van der Waals surface area contributed by atoms with Crippen LogP contribution in [0.15, 0.2) is 11.0 Å². The number of hydrogen-bond acceptors (Lipinski definition) is 5. The summed E-state index contributed by atoms with van der Waals surface area (Å²) >= 11 is 6.04. The average Bonchev–Trinajstić information content (AvgIpc) is 3.26. The summed E-state index contributed by atoms with van der Waals surface area (Å²) in [5, 5.41) is 16.1. The van der Waals surface area contributed by atoms with Crippen LogP contribution in [0.2, 0.25) is 5.02 Å². The quantitative estimate of drug-likeness (QED) is 0.779. The maximum absolute atomic E-state index is 11.9. The van der Waals surface area contributed by atoms with E-state index in [-0.39, 0.29) is 23.7 Å². The van der Waals surface area contributed by atoms with Gasteiger partial charge in [-0.3, -0.25) is 9.69 Å². The molecule has 112 valence electrons. The van der Waals surface area contributed by atoms with Gasteiger partial charge in [-0.15, -0.1) is 0 Å². The second kappa shape index (κ2) is 6.56. The smallest absolute Gasteiger partial charge is 0.287 e. The van der Waals surface area contributed by atoms with Crippen LogP contribution in [0.25, 0.3) is 0 Å². The van der Waals surface area contributed by atoms with Gasteiger partial charge in [0.1, 0.15) is 5.02 Å². The van der Waals surface area contributed by atoms with Gasteiger partial charge in [-0.2, -0.15) is 5.10 Å². The highest BCUT2D eigenvalue weighted by Crippen LogP contribution is 2.27. The third-order valence-electron chi connectivity index (χ3n) is 3.70. The minimum Gasteiger partial charge on any atom is -0.394 e. The average molecular weight is 301 g/mol. The molecule has 0 radical (unpaired) electrons. The molecule has 1 aromatic heterocycles. The van der Waals surface area contributed by atoms with Crippen molar-refractivity contribution >= 4 is 17.3 Å². The number of aromatic nitrogens is 2. The third-order valence-corrected chi connectivity index (χ3v) is 4.07. The van der Waals surface area contributed by atoms with E-state index in [0.717, 1.165) is 4.68 Å². The molecular formula is C13H21ClN4O2. The van der Waals surface area contributed by atoms with Crippen molar-refractivity contribution in [3.05, 3.63) is 21.6 Å². The molecule has 1 aliphatic rings. The van der Waals surface area contributed by atoms with Crippen LogP contribution in [0, 0.1) is 0 Å². The van der Waals surface area contributed by atoms with Crippen LogP contribution in [0.5, 0.6) is 0 Å². The van der Waals surface area contributed by atoms with Gasteiger partial charge < -0.3 is 10.4 Å². The molecule has 0 amide bonds. The van der Waals surface area contributed by atoms with E-state index in [0.29, 0.717) is 24.3 Å². The van der Waals surface area contributed by atoms with Gasteiger partial charge in [0.15, 0.2) is 0 Å². The van der Waals surface area contributed by atoms with Crippen molar-refractivity contribution in [3.8, 4) is 0 Å². The van der Waals surface area contributed by atoms with Gasteiger partial charge in [-0.1, -0.05) is 11.6 Å². The predicted octanol–water partition coefficient (Wildman–Crippen LogP) is 0.784. The molecule has 1 aromatic rings. The van der Waals surface area contributed by atoms with Crippen LogP contribution in [-0.2, 0) is 6.54 Å². The molecule has 1 aliphatic carbocycles. The van der Waals surface area contributed by atoms with E-state index in [9.17, 15) is 4.79 Å². The second-order valence-electron chi connectivity index (χ2n) is 5.25. The van der Waals surface area contributed by atoms with E-state index in [1.165, 1.54) is 19.0 Å². The van der Waals surface area contributed by atoms with Gasteiger partial charge in [0, 0.05) is 18.6 Å². The summed E-state index contributed by atoms with van der Waals surface area (Å²) in [5.41, 5.74) is 0.163. The monoisotopic (exact) mass is 300 g/mol. The summed E-state index contributed by atoms with van der Waals surface area (Å²) in [4.78, 5) is 14.2. The molecule has 1 fully saturated rings. The largest absolute Gasteiger partial charge is 0.394 e. The highest BCUT2D eigenvalue weighted by molar-refractivity contribution is 6.32. The van der Waals surface area contributed by atoms with E-state index in [1.54, 1.807) is 0 Å². The summed E-state index contributed by atoms with van der Waals surface area (Å²) in [7, 11) is 2.11. The molecule has 6 nitrogen and oxygen atoms in total. The molecule has 20 heavy (non-hydrogen) atoms. The summed E-state index contributed by atoms with van der Waals surface area (Å²) in [5.74, 6) is 0. The molecule has 0 saturated heterocycles. The Kier molecular flexibility index (Phi) is 5.01. The Morgan fingerprint density at radius 3 is 2.95 bits per heavy atom. The van der Waals surface area contributed by atoms with Crippen molar-refractivity contribution < 1.29 is 5.11 Å². The molecule has 0 bridgehead atoms. The first-order chi connectivity index (χ1) is 9.54. The molecule has 2 N–H and O–H groups in total. The summed E-state index contributed by atoms with van der Waals surface area (Å²) in [6.07, 6.45) is 4.06. The number of halogens is 1. The van der Waals surface area contributed by atoms with Crippen molar-refractivity contribution in [1.29, 1.82) is 0 Å². The topological polar surface area (TPSA) is 70.4 Å². The fourth-order valence-electron chi connectivity index (χ4n) is 2.09. The normalized spacial score (nSPS) is 16.4. The zero-order chi connectivity index (χ0) is 14.7. The van der Waals surface area contributed by atoms with Crippen LogP contribution in [0.3, 0.4) is 0 Å². The van der Waals surface area contributed by atoms with Crippen molar-refractivity contribution in [3.63, 3.8) is 0 Å². The molecule has 1 unspecified atom stereocenters. The number of rotatable bonds is 7. The number of likely N-dealkylation sites (N-methyl/N-ethyl adjacent to an activating group) is 1. The molecule has 0 aliphatic heterocycles. The lowest BCUT2D eigenvalue weighted by Gasteiger charge is -2.25. The van der Waals surface area contributed by atoms with Gasteiger partial charge in [-0.25, -0.2) is 4.68 Å². The number of hydrogen-bond donors (Lipinski definition) is 2. The molecule has 1 atom stereocenters. The Morgan fingerprint density at radius 2 is 2.35 bits per heavy atom. The molecule has 0 spiro atoms. The minimum absolute atomic E-state index is 0.120. The van der Waals surface area contributed by atoms with E-state index in [1.807, 2.05) is 0 Å². The van der Waals surface area contributed by atoms with Crippen molar-refractivity contribution in [2.45, 2.75) is 38.4 Å². The van der Waals surface area contributed by atoms with Crippen LogP contribution < -0.4 is 10.9 Å². The van der Waals surface area contributed by atoms with Crippen LogP contribution in [0.4, 0.5) is 5.69 Å². The highest BCUT2D eigenvalue weighted by Gasteiger charge is 2.29. The highest BCUT2D eigenvalue weighted by atomic mass is 35.5. The van der Waals surface area contributed by atoms with Crippen LogP contribution in [-0.4, -0.2) is 52.1 Å². The first-order valence-corrected chi connectivity index (χ1v) is 7.24. The van der Waals surface area contributed by atoms with Gasteiger partial charge in [0.05, 0.1) is 25.0 Å². The SMILES string of the molecule is CC(CNc1cnn(CCO)c(=O)c1Cl)N(C)C1CC1. The maximum atomic E-state index is 11.9.